The SMILES string of the molecule is CC(OCOc1ccc(-c2ccc(OCOC(C)OCC3CO3)c(F)c2)cc1)OCC1CO1. The monoisotopic (exact) mass is 464 g/mol. The molecule has 8 nitrogen and oxygen atoms in total. The summed E-state index contributed by atoms with van der Waals surface area (Å²) in [5, 5.41) is 0. The number of epoxide rings is 2. The second-order valence-electron chi connectivity index (χ2n) is 7.74. The number of hydrogen-bond donors (Lipinski definition) is 0. The van der Waals surface area contributed by atoms with Crippen LogP contribution in [0.1, 0.15) is 13.8 Å². The Balaban J connectivity index is 1.19. The largest absolute Gasteiger partial charge is 0.467 e. The van der Waals surface area contributed by atoms with E-state index in [1.807, 2.05) is 19.1 Å². The third kappa shape index (κ3) is 8.22. The van der Waals surface area contributed by atoms with E-state index >= 15 is 0 Å². The van der Waals surface area contributed by atoms with Gasteiger partial charge in [-0.2, -0.15) is 0 Å². The standard InChI is InChI=1S/C24H29FO8/c1-16(26-10-21-12-28-21)30-14-32-20-6-3-18(4-7-20)19-5-8-24(23(25)9-19)33-15-31-17(2)27-11-22-13-29-22/h3-9,16-17,21-22H,10-15H2,1-2H3. The van der Waals surface area contributed by atoms with Crippen molar-refractivity contribution in [3.63, 3.8) is 0 Å². The highest BCUT2D eigenvalue weighted by molar-refractivity contribution is 5.65. The maximum absolute atomic E-state index is 14.5. The summed E-state index contributed by atoms with van der Waals surface area (Å²) in [5.74, 6) is 0.271. The average Bonchev–Trinajstić information content (AvgIpc) is 3.73. The van der Waals surface area contributed by atoms with Crippen LogP contribution < -0.4 is 9.47 Å². The molecule has 0 aromatic heterocycles. The Morgan fingerprint density at radius 1 is 0.788 bits per heavy atom. The average molecular weight is 464 g/mol. The molecule has 0 bridgehead atoms. The second-order valence-corrected chi connectivity index (χ2v) is 7.74. The summed E-state index contributed by atoms with van der Waals surface area (Å²) in [6, 6.07) is 12.1. The number of benzene rings is 2. The summed E-state index contributed by atoms with van der Waals surface area (Å²) in [6.45, 7) is 5.97. The van der Waals surface area contributed by atoms with Crippen LogP contribution in [0.2, 0.25) is 0 Å². The Morgan fingerprint density at radius 3 is 1.88 bits per heavy atom. The fourth-order valence-electron chi connectivity index (χ4n) is 2.84. The van der Waals surface area contributed by atoms with Crippen molar-refractivity contribution in [3.8, 4) is 22.6 Å². The molecule has 2 aliphatic rings. The topological polar surface area (TPSA) is 80.4 Å². The lowest BCUT2D eigenvalue weighted by molar-refractivity contribution is -0.166. The van der Waals surface area contributed by atoms with E-state index in [1.165, 1.54) is 6.07 Å². The van der Waals surface area contributed by atoms with E-state index in [0.717, 1.165) is 18.8 Å². The summed E-state index contributed by atoms with van der Waals surface area (Å²) in [4.78, 5) is 0. The summed E-state index contributed by atoms with van der Waals surface area (Å²) in [5.41, 5.74) is 1.56. The smallest absolute Gasteiger partial charge is 0.192 e. The van der Waals surface area contributed by atoms with E-state index in [4.69, 9.17) is 37.9 Å². The van der Waals surface area contributed by atoms with Gasteiger partial charge in [0.2, 0.25) is 0 Å². The third-order valence-corrected chi connectivity index (χ3v) is 5.00. The Morgan fingerprint density at radius 2 is 1.33 bits per heavy atom. The maximum Gasteiger partial charge on any atom is 0.192 e. The summed E-state index contributed by atoms with van der Waals surface area (Å²) in [6.07, 6.45) is -0.489. The Hall–Kier alpha value is -2.27. The zero-order valence-corrected chi connectivity index (χ0v) is 18.7. The molecule has 4 rings (SSSR count). The molecule has 0 aliphatic carbocycles. The number of rotatable bonds is 15. The van der Waals surface area contributed by atoms with Crippen molar-refractivity contribution in [2.45, 2.75) is 38.6 Å². The summed E-state index contributed by atoms with van der Waals surface area (Å²) >= 11 is 0. The molecule has 4 atom stereocenters. The van der Waals surface area contributed by atoms with Gasteiger partial charge in [-0.1, -0.05) is 18.2 Å². The van der Waals surface area contributed by atoms with Crippen LogP contribution in [0.4, 0.5) is 4.39 Å². The fraction of sp³-hybridized carbons (Fsp3) is 0.500. The Bertz CT molecular complexity index is 869. The van der Waals surface area contributed by atoms with Crippen LogP contribution in [0.5, 0.6) is 11.5 Å². The molecule has 2 fully saturated rings. The second kappa shape index (κ2) is 11.7. The minimum absolute atomic E-state index is 0.0623. The van der Waals surface area contributed by atoms with Crippen LogP contribution >= 0.6 is 0 Å². The van der Waals surface area contributed by atoms with Gasteiger partial charge >= 0.3 is 0 Å². The number of halogens is 1. The number of ether oxygens (including phenoxy) is 8. The van der Waals surface area contributed by atoms with Crippen molar-refractivity contribution in [2.24, 2.45) is 0 Å². The van der Waals surface area contributed by atoms with Crippen LogP contribution in [0, 0.1) is 5.82 Å². The first-order chi connectivity index (χ1) is 16.1. The van der Waals surface area contributed by atoms with Gasteiger partial charge in [0.05, 0.1) is 26.4 Å². The van der Waals surface area contributed by atoms with E-state index < -0.39 is 12.1 Å². The lowest BCUT2D eigenvalue weighted by Gasteiger charge is -2.15. The molecule has 2 aromatic carbocycles. The molecule has 33 heavy (non-hydrogen) atoms. The van der Waals surface area contributed by atoms with Gasteiger partial charge in [-0.25, -0.2) is 4.39 Å². The van der Waals surface area contributed by atoms with Gasteiger partial charge in [-0.05, 0) is 49.2 Å². The predicted octanol–water partition coefficient (Wildman–Crippen LogP) is 3.72. The molecule has 0 spiro atoms. The molecule has 4 unspecified atom stereocenters. The molecule has 2 saturated heterocycles. The van der Waals surface area contributed by atoms with Crippen molar-refractivity contribution in [2.75, 3.05) is 40.0 Å². The van der Waals surface area contributed by atoms with Crippen molar-refractivity contribution in [1.29, 1.82) is 0 Å². The predicted molar refractivity (Wildman–Crippen MR) is 115 cm³/mol. The van der Waals surface area contributed by atoms with Gasteiger partial charge in [0.25, 0.3) is 0 Å². The molecular weight excluding hydrogens is 435 g/mol. The first-order valence-electron chi connectivity index (χ1n) is 10.9. The van der Waals surface area contributed by atoms with Crippen molar-refractivity contribution in [3.05, 3.63) is 48.3 Å². The fourth-order valence-corrected chi connectivity index (χ4v) is 2.84. The maximum atomic E-state index is 14.5. The molecule has 2 heterocycles. The van der Waals surface area contributed by atoms with Gasteiger partial charge in [0.15, 0.2) is 37.7 Å². The van der Waals surface area contributed by atoms with Crippen molar-refractivity contribution in [1.82, 2.24) is 0 Å². The molecule has 0 amide bonds. The molecule has 0 saturated carbocycles. The highest BCUT2D eigenvalue weighted by Gasteiger charge is 2.24. The molecule has 2 aliphatic heterocycles. The van der Waals surface area contributed by atoms with Gasteiger partial charge in [-0.15, -0.1) is 0 Å². The van der Waals surface area contributed by atoms with Gasteiger partial charge in [0.1, 0.15) is 18.0 Å². The summed E-state index contributed by atoms with van der Waals surface area (Å²) in [7, 11) is 0. The third-order valence-electron chi connectivity index (χ3n) is 5.00. The van der Waals surface area contributed by atoms with Crippen LogP contribution in [0.3, 0.4) is 0 Å². The van der Waals surface area contributed by atoms with Gasteiger partial charge < -0.3 is 37.9 Å². The van der Waals surface area contributed by atoms with Crippen LogP contribution in [-0.2, 0) is 28.4 Å². The minimum atomic E-state index is -0.477. The zero-order chi connectivity index (χ0) is 23.0. The Kier molecular flexibility index (Phi) is 8.49. The lowest BCUT2D eigenvalue weighted by atomic mass is 10.1. The van der Waals surface area contributed by atoms with E-state index in [2.05, 4.69) is 0 Å². The van der Waals surface area contributed by atoms with Crippen LogP contribution in [0.25, 0.3) is 11.1 Å². The molecule has 180 valence electrons. The van der Waals surface area contributed by atoms with E-state index in [-0.39, 0.29) is 37.8 Å². The normalized spacial score (nSPS) is 20.8. The lowest BCUT2D eigenvalue weighted by Crippen LogP contribution is -2.19. The minimum Gasteiger partial charge on any atom is -0.467 e. The first-order valence-corrected chi connectivity index (χ1v) is 10.9. The zero-order valence-electron chi connectivity index (χ0n) is 18.7. The van der Waals surface area contributed by atoms with Crippen LogP contribution in [-0.4, -0.2) is 64.8 Å². The quantitative estimate of drug-likeness (QED) is 0.292. The van der Waals surface area contributed by atoms with Gasteiger partial charge in [0, 0.05) is 0 Å². The van der Waals surface area contributed by atoms with E-state index in [1.54, 1.807) is 31.2 Å². The van der Waals surface area contributed by atoms with E-state index in [0.29, 0.717) is 24.5 Å². The number of hydrogen-bond acceptors (Lipinski definition) is 8. The summed E-state index contributed by atoms with van der Waals surface area (Å²) < 4.78 is 57.3. The van der Waals surface area contributed by atoms with Crippen molar-refractivity contribution < 1.29 is 42.3 Å². The highest BCUT2D eigenvalue weighted by Crippen LogP contribution is 2.27. The molecule has 0 N–H and O–H groups in total. The highest BCUT2D eigenvalue weighted by atomic mass is 19.1. The van der Waals surface area contributed by atoms with Crippen molar-refractivity contribution >= 4 is 0 Å². The van der Waals surface area contributed by atoms with Gasteiger partial charge in [-0.3, -0.25) is 0 Å². The Labute approximate surface area is 192 Å². The van der Waals surface area contributed by atoms with Crippen LogP contribution in [0.15, 0.2) is 42.5 Å². The molecular formula is C24H29FO8. The molecule has 9 heteroatoms. The van der Waals surface area contributed by atoms with E-state index in [9.17, 15) is 4.39 Å². The molecule has 2 aromatic rings. The first kappa shape index (κ1) is 23.9. The molecule has 0 radical (unpaired) electrons.